The average Bonchev–Trinajstić information content (AvgIpc) is 3.08. The van der Waals surface area contributed by atoms with Gasteiger partial charge in [0.2, 0.25) is 0 Å². The molecule has 1 saturated heterocycles. The van der Waals surface area contributed by atoms with E-state index in [1.54, 1.807) is 33.3 Å². The first kappa shape index (κ1) is 33.2. The molecule has 1 fully saturated rings. The number of benzene rings is 2. The summed E-state index contributed by atoms with van der Waals surface area (Å²) in [5.74, 6) is 2.08. The van der Waals surface area contributed by atoms with Crippen LogP contribution in [0.2, 0.25) is 0 Å². The van der Waals surface area contributed by atoms with Gasteiger partial charge in [0.1, 0.15) is 10.1 Å². The number of rotatable bonds is 9. The summed E-state index contributed by atoms with van der Waals surface area (Å²) in [5, 5.41) is -0.773. The number of carbonyl (C=O) groups is 2. The number of methoxy groups -OCH3 is 5. The minimum Gasteiger partial charge on any atom is -0.493 e. The van der Waals surface area contributed by atoms with Crippen LogP contribution in [0.1, 0.15) is 60.5 Å². The Bertz CT molecular complexity index is 1480. The molecule has 4 unspecified atom stereocenters. The highest BCUT2D eigenvalue weighted by molar-refractivity contribution is 6.53. The summed E-state index contributed by atoms with van der Waals surface area (Å²) in [5.41, 5.74) is 4.64. The number of halogens is 2. The van der Waals surface area contributed by atoms with Gasteiger partial charge in [0.15, 0.2) is 23.0 Å². The van der Waals surface area contributed by atoms with Crippen molar-refractivity contribution in [2.75, 3.05) is 55.2 Å². The number of amides is 1. The fraction of sp³-hybridized carbons (Fsp3) is 0.529. The number of nitrogens with zero attached hydrogens (tertiary/aromatic N) is 2. The molecule has 2 aromatic carbocycles. The number of hydrogen-bond acceptors (Lipinski definition) is 8. The molecule has 11 heteroatoms. The van der Waals surface area contributed by atoms with Crippen molar-refractivity contribution < 1.29 is 33.3 Å². The van der Waals surface area contributed by atoms with E-state index in [4.69, 9.17) is 46.9 Å². The maximum Gasteiger partial charge on any atom is 0.351 e. The van der Waals surface area contributed by atoms with Crippen LogP contribution in [0.4, 0.5) is 0 Å². The van der Waals surface area contributed by atoms with Crippen LogP contribution in [0.25, 0.3) is 0 Å². The van der Waals surface area contributed by atoms with E-state index in [-0.39, 0.29) is 23.0 Å². The third-order valence-corrected chi connectivity index (χ3v) is 10.6. The Kier molecular flexibility index (Phi) is 10.4. The lowest BCUT2D eigenvalue weighted by molar-refractivity contribution is -0.136. The van der Waals surface area contributed by atoms with Gasteiger partial charge in [-0.05, 0) is 84.0 Å². The second kappa shape index (κ2) is 14.1. The van der Waals surface area contributed by atoms with Crippen LogP contribution in [0.3, 0.4) is 0 Å². The molecule has 3 aliphatic heterocycles. The minimum absolute atomic E-state index is 0.219. The van der Waals surface area contributed by atoms with Gasteiger partial charge in [0, 0.05) is 25.7 Å². The summed E-state index contributed by atoms with van der Waals surface area (Å²) in [7, 11) is 7.76. The van der Waals surface area contributed by atoms with E-state index in [0.29, 0.717) is 36.8 Å². The standard InChI is InChI=1S/C34H42Cl2N2O7/c1-7-19-18-37-10-8-20-14-27(41-2)29(43-4)16-23(20)25(37)12-22(19)13-26-24-17-30(44-5)28(42-3)15-21(24)9-11-38(26)33(39)31(35)32(36)34(40)45-6/h14-17,19,22,25-26H,7-13,18H2,1-6H3. The summed E-state index contributed by atoms with van der Waals surface area (Å²) >= 11 is 12.7. The molecular weight excluding hydrogens is 619 g/mol. The lowest BCUT2D eigenvalue weighted by Crippen LogP contribution is -2.47. The number of esters is 1. The summed E-state index contributed by atoms with van der Waals surface area (Å²) in [6.45, 7) is 4.60. The van der Waals surface area contributed by atoms with E-state index in [9.17, 15) is 9.59 Å². The van der Waals surface area contributed by atoms with Crippen molar-refractivity contribution in [3.63, 3.8) is 0 Å². The van der Waals surface area contributed by atoms with Crippen molar-refractivity contribution in [2.45, 2.75) is 51.1 Å². The Balaban J connectivity index is 1.55. The monoisotopic (exact) mass is 660 g/mol. The first-order chi connectivity index (χ1) is 21.7. The maximum atomic E-state index is 13.9. The van der Waals surface area contributed by atoms with Gasteiger partial charge in [-0.2, -0.15) is 0 Å². The van der Waals surface area contributed by atoms with Gasteiger partial charge in [0.25, 0.3) is 5.91 Å². The Morgan fingerprint density at radius 3 is 1.91 bits per heavy atom. The largest absolute Gasteiger partial charge is 0.493 e. The van der Waals surface area contributed by atoms with Crippen LogP contribution in [-0.2, 0) is 27.2 Å². The Morgan fingerprint density at radius 2 is 1.33 bits per heavy atom. The topological polar surface area (TPSA) is 86.8 Å². The van der Waals surface area contributed by atoms with Crippen molar-refractivity contribution in [3.8, 4) is 23.0 Å². The molecule has 0 aromatic heterocycles. The third-order valence-electron chi connectivity index (χ3n) is 9.83. The predicted molar refractivity (Wildman–Crippen MR) is 173 cm³/mol. The number of piperidine rings is 1. The Labute approximate surface area is 275 Å². The summed E-state index contributed by atoms with van der Waals surface area (Å²) < 4.78 is 27.3. The fourth-order valence-corrected chi connectivity index (χ4v) is 7.81. The number of hydrogen-bond donors (Lipinski definition) is 0. The molecule has 0 saturated carbocycles. The molecule has 0 bridgehead atoms. The lowest BCUT2D eigenvalue weighted by Gasteiger charge is -2.49. The highest BCUT2D eigenvalue weighted by atomic mass is 35.5. The van der Waals surface area contributed by atoms with Crippen molar-refractivity contribution >= 4 is 35.1 Å². The summed E-state index contributed by atoms with van der Waals surface area (Å²) in [4.78, 5) is 30.5. The molecular formula is C34H42Cl2N2O7. The van der Waals surface area contributed by atoms with Crippen LogP contribution in [-0.4, -0.2) is 76.9 Å². The van der Waals surface area contributed by atoms with Gasteiger partial charge >= 0.3 is 5.97 Å². The number of fused-ring (bicyclic) bond motifs is 4. The molecule has 0 aliphatic carbocycles. The van der Waals surface area contributed by atoms with Crippen molar-refractivity contribution in [2.24, 2.45) is 11.8 Å². The van der Waals surface area contributed by atoms with E-state index in [1.165, 1.54) is 18.2 Å². The Hall–Kier alpha value is -3.14. The van der Waals surface area contributed by atoms with E-state index in [0.717, 1.165) is 55.0 Å². The van der Waals surface area contributed by atoms with Gasteiger partial charge in [0.05, 0.1) is 41.6 Å². The molecule has 2 aromatic rings. The second-order valence-corrected chi connectivity index (χ2v) is 12.6. The second-order valence-electron chi connectivity index (χ2n) is 11.9. The Morgan fingerprint density at radius 1 is 0.778 bits per heavy atom. The molecule has 1 amide bonds. The van der Waals surface area contributed by atoms with Gasteiger partial charge in [-0.1, -0.05) is 36.5 Å². The van der Waals surface area contributed by atoms with Crippen LogP contribution in [0.15, 0.2) is 34.3 Å². The van der Waals surface area contributed by atoms with Crippen molar-refractivity contribution in [1.29, 1.82) is 0 Å². The van der Waals surface area contributed by atoms with E-state index >= 15 is 0 Å². The quantitative estimate of drug-likeness (QED) is 0.238. The smallest absolute Gasteiger partial charge is 0.351 e. The predicted octanol–water partition coefficient (Wildman–Crippen LogP) is 6.04. The molecule has 9 nitrogen and oxygen atoms in total. The zero-order chi connectivity index (χ0) is 32.4. The molecule has 3 heterocycles. The normalized spacial score (nSPS) is 23.2. The third kappa shape index (κ3) is 6.31. The molecule has 244 valence electrons. The maximum absolute atomic E-state index is 13.9. The van der Waals surface area contributed by atoms with Crippen LogP contribution in [0, 0.1) is 11.8 Å². The van der Waals surface area contributed by atoms with Crippen molar-refractivity contribution in [1.82, 2.24) is 9.80 Å². The minimum atomic E-state index is -0.850. The zero-order valence-electron chi connectivity index (χ0n) is 26.8. The van der Waals surface area contributed by atoms with Crippen LogP contribution >= 0.6 is 23.2 Å². The summed E-state index contributed by atoms with van der Waals surface area (Å²) in [6, 6.07) is 8.12. The van der Waals surface area contributed by atoms with Gasteiger partial charge in [-0.25, -0.2) is 4.79 Å². The van der Waals surface area contributed by atoms with Crippen LogP contribution < -0.4 is 18.9 Å². The fourth-order valence-electron chi connectivity index (χ4n) is 7.47. The first-order valence-electron chi connectivity index (χ1n) is 15.4. The zero-order valence-corrected chi connectivity index (χ0v) is 28.3. The number of carbonyl (C=O) groups excluding carboxylic acids is 2. The van der Waals surface area contributed by atoms with Crippen molar-refractivity contribution in [3.05, 3.63) is 56.6 Å². The summed E-state index contributed by atoms with van der Waals surface area (Å²) in [6.07, 6.45) is 4.19. The van der Waals surface area contributed by atoms with Crippen LogP contribution in [0.5, 0.6) is 23.0 Å². The molecule has 0 spiro atoms. The number of ether oxygens (including phenoxy) is 5. The lowest BCUT2D eigenvalue weighted by atomic mass is 9.72. The SMILES string of the molecule is CCC1CN2CCc3cc(OC)c(OC)cc3C2CC1CC1c2cc(OC)c(OC)cc2CCN1C(=O)C(Cl)=C(Cl)C(=O)OC. The highest BCUT2D eigenvalue weighted by Gasteiger charge is 2.42. The van der Waals surface area contributed by atoms with Gasteiger partial charge in [-0.15, -0.1) is 0 Å². The molecule has 4 atom stereocenters. The van der Waals surface area contributed by atoms with Gasteiger partial charge < -0.3 is 28.6 Å². The first-order valence-corrected chi connectivity index (χ1v) is 16.1. The van der Waals surface area contributed by atoms with E-state index < -0.39 is 16.9 Å². The average molecular weight is 662 g/mol. The molecule has 0 N–H and O–H groups in total. The van der Waals surface area contributed by atoms with E-state index in [2.05, 4.69) is 24.0 Å². The highest BCUT2D eigenvalue weighted by Crippen LogP contribution is 2.49. The molecule has 0 radical (unpaired) electrons. The van der Waals surface area contributed by atoms with E-state index in [1.807, 2.05) is 12.1 Å². The van der Waals surface area contributed by atoms with Gasteiger partial charge in [-0.3, -0.25) is 9.69 Å². The molecule has 5 rings (SSSR count). The molecule has 3 aliphatic rings. The molecule has 45 heavy (non-hydrogen) atoms.